The lowest BCUT2D eigenvalue weighted by Crippen LogP contribution is -2.32. The molecule has 1 aliphatic carbocycles. The summed E-state index contributed by atoms with van der Waals surface area (Å²) in [6.07, 6.45) is 2.41. The van der Waals surface area contributed by atoms with Crippen molar-refractivity contribution in [3.05, 3.63) is 23.8 Å². The molecule has 6 heteroatoms. The number of benzene rings is 1. The third kappa shape index (κ3) is 3.45. The molecule has 21 heavy (non-hydrogen) atoms. The smallest absolute Gasteiger partial charge is 0.291 e. The van der Waals surface area contributed by atoms with E-state index in [4.69, 9.17) is 14.2 Å². The Hall–Kier alpha value is -2.24. The average molecular weight is 290 g/mol. The minimum absolute atomic E-state index is 0.188. The highest BCUT2D eigenvalue weighted by Crippen LogP contribution is 2.32. The number of fused-ring (bicyclic) bond motifs is 1. The summed E-state index contributed by atoms with van der Waals surface area (Å²) in [6.45, 7) is 3.22. The summed E-state index contributed by atoms with van der Waals surface area (Å²) in [5.74, 6) is 1.61. The van der Waals surface area contributed by atoms with Gasteiger partial charge in [-0.3, -0.25) is 10.1 Å². The zero-order valence-electron chi connectivity index (χ0n) is 11.9. The second kappa shape index (κ2) is 6.03. The van der Waals surface area contributed by atoms with Crippen molar-refractivity contribution in [3.63, 3.8) is 0 Å². The van der Waals surface area contributed by atoms with Crippen LogP contribution in [0.5, 0.6) is 11.5 Å². The van der Waals surface area contributed by atoms with Crippen LogP contribution < -0.4 is 14.8 Å². The van der Waals surface area contributed by atoms with Gasteiger partial charge < -0.3 is 14.2 Å². The van der Waals surface area contributed by atoms with E-state index in [1.54, 1.807) is 18.2 Å². The predicted molar refractivity (Wildman–Crippen MR) is 76.7 cm³/mol. The monoisotopic (exact) mass is 290 g/mol. The molecular formula is C15H18N2O4. The zero-order chi connectivity index (χ0) is 14.7. The van der Waals surface area contributed by atoms with E-state index in [0.717, 1.165) is 0 Å². The van der Waals surface area contributed by atoms with Gasteiger partial charge in [0.05, 0.1) is 6.61 Å². The molecule has 1 N–H and O–H groups in total. The largest absolute Gasteiger partial charge is 0.465 e. The molecule has 0 spiro atoms. The number of hydrogen-bond donors (Lipinski definition) is 1. The number of carbonyl (C=O) groups excluding carboxylic acids is 1. The van der Waals surface area contributed by atoms with Gasteiger partial charge in [0.2, 0.25) is 6.79 Å². The molecule has 1 fully saturated rings. The highest BCUT2D eigenvalue weighted by atomic mass is 16.7. The van der Waals surface area contributed by atoms with Gasteiger partial charge in [-0.25, -0.2) is 4.99 Å². The fourth-order valence-corrected chi connectivity index (χ4v) is 1.98. The minimum Gasteiger partial charge on any atom is -0.465 e. The van der Waals surface area contributed by atoms with Crippen LogP contribution in [0.25, 0.3) is 0 Å². The van der Waals surface area contributed by atoms with Crippen molar-refractivity contribution < 1.29 is 19.0 Å². The molecule has 0 atom stereocenters. The van der Waals surface area contributed by atoms with Gasteiger partial charge >= 0.3 is 0 Å². The van der Waals surface area contributed by atoms with E-state index in [1.807, 2.05) is 6.92 Å². The van der Waals surface area contributed by atoms with Crippen LogP contribution in [0.3, 0.4) is 0 Å². The first-order chi connectivity index (χ1) is 10.3. The maximum absolute atomic E-state index is 12.2. The predicted octanol–water partition coefficient (Wildman–Crippen LogP) is 1.95. The van der Waals surface area contributed by atoms with Crippen molar-refractivity contribution in [1.82, 2.24) is 5.32 Å². The van der Waals surface area contributed by atoms with E-state index in [-0.39, 0.29) is 18.7 Å². The van der Waals surface area contributed by atoms with Crippen LogP contribution in [0.1, 0.15) is 30.1 Å². The number of hydrogen-bond acceptors (Lipinski definition) is 5. The molecule has 1 amide bonds. The van der Waals surface area contributed by atoms with Crippen LogP contribution in [-0.2, 0) is 4.74 Å². The molecule has 0 unspecified atom stereocenters. The number of carbonyl (C=O) groups is 1. The Morgan fingerprint density at radius 1 is 1.38 bits per heavy atom. The topological polar surface area (TPSA) is 69.2 Å². The number of aliphatic imine (C=N–C) groups is 1. The molecule has 3 rings (SSSR count). The Labute approximate surface area is 123 Å². The van der Waals surface area contributed by atoms with Crippen LogP contribution in [0.2, 0.25) is 0 Å². The molecular weight excluding hydrogens is 272 g/mol. The number of nitrogens with zero attached hydrogens (tertiary/aromatic N) is 1. The molecule has 0 saturated heterocycles. The number of rotatable bonds is 4. The molecule has 1 aliphatic heterocycles. The van der Waals surface area contributed by atoms with Crippen molar-refractivity contribution in [2.45, 2.75) is 19.8 Å². The molecule has 1 saturated carbocycles. The number of amidine groups is 1. The first-order valence-corrected chi connectivity index (χ1v) is 7.14. The summed E-state index contributed by atoms with van der Waals surface area (Å²) in [7, 11) is 0. The van der Waals surface area contributed by atoms with Crippen molar-refractivity contribution in [3.8, 4) is 11.5 Å². The average Bonchev–Trinajstić information content (AvgIpc) is 3.20. The second-order valence-corrected chi connectivity index (χ2v) is 5.04. The third-order valence-corrected chi connectivity index (χ3v) is 3.33. The van der Waals surface area contributed by atoms with Crippen LogP contribution >= 0.6 is 0 Å². The van der Waals surface area contributed by atoms with Crippen molar-refractivity contribution in [2.24, 2.45) is 10.9 Å². The zero-order valence-corrected chi connectivity index (χ0v) is 11.9. The quantitative estimate of drug-likeness (QED) is 0.679. The van der Waals surface area contributed by atoms with Gasteiger partial charge in [0.25, 0.3) is 11.9 Å². The first kappa shape index (κ1) is 13.7. The van der Waals surface area contributed by atoms with Gasteiger partial charge in [-0.1, -0.05) is 0 Å². The highest BCUT2D eigenvalue weighted by molar-refractivity contribution is 6.04. The normalized spacial score (nSPS) is 16.7. The van der Waals surface area contributed by atoms with Gasteiger partial charge in [0, 0.05) is 12.1 Å². The van der Waals surface area contributed by atoms with Crippen LogP contribution in [0.4, 0.5) is 0 Å². The van der Waals surface area contributed by atoms with E-state index in [1.165, 1.54) is 12.8 Å². The molecule has 6 nitrogen and oxygen atoms in total. The lowest BCUT2D eigenvalue weighted by Gasteiger charge is -2.09. The maximum atomic E-state index is 12.2. The molecule has 0 bridgehead atoms. The molecule has 1 heterocycles. The van der Waals surface area contributed by atoms with Gasteiger partial charge in [0.15, 0.2) is 11.5 Å². The first-order valence-electron chi connectivity index (χ1n) is 7.14. The van der Waals surface area contributed by atoms with E-state index < -0.39 is 0 Å². The Morgan fingerprint density at radius 3 is 2.95 bits per heavy atom. The fraction of sp³-hybridized carbons (Fsp3) is 0.467. The maximum Gasteiger partial charge on any atom is 0.291 e. The summed E-state index contributed by atoms with van der Waals surface area (Å²) in [5, 5.41) is 2.70. The summed E-state index contributed by atoms with van der Waals surface area (Å²) < 4.78 is 15.9. The van der Waals surface area contributed by atoms with E-state index in [9.17, 15) is 4.79 Å². The molecule has 2 aliphatic rings. The standard InChI is InChI=1S/C15H18N2O4/c1-2-19-15(16-8-10-3-4-10)17-14(18)11-5-6-12-13(7-11)21-9-20-12/h5-7,10H,2-4,8-9H2,1H3,(H,16,17,18). The number of ether oxygens (including phenoxy) is 3. The van der Waals surface area contributed by atoms with Gasteiger partial charge in [0.1, 0.15) is 0 Å². The fourth-order valence-electron chi connectivity index (χ4n) is 1.98. The Morgan fingerprint density at radius 2 is 2.19 bits per heavy atom. The van der Waals surface area contributed by atoms with Crippen LogP contribution in [-0.4, -0.2) is 31.9 Å². The molecule has 1 aromatic carbocycles. The van der Waals surface area contributed by atoms with Crippen molar-refractivity contribution >= 4 is 11.9 Å². The van der Waals surface area contributed by atoms with Crippen molar-refractivity contribution in [1.29, 1.82) is 0 Å². The Bertz CT molecular complexity index is 567. The molecule has 0 aromatic heterocycles. The van der Waals surface area contributed by atoms with Gasteiger partial charge in [-0.2, -0.15) is 0 Å². The molecule has 0 radical (unpaired) electrons. The van der Waals surface area contributed by atoms with Gasteiger partial charge in [-0.15, -0.1) is 0 Å². The molecule has 1 aromatic rings. The Kier molecular flexibility index (Phi) is 3.94. The van der Waals surface area contributed by atoms with Crippen LogP contribution in [0, 0.1) is 5.92 Å². The van der Waals surface area contributed by atoms with E-state index in [2.05, 4.69) is 10.3 Å². The van der Waals surface area contributed by atoms with E-state index >= 15 is 0 Å². The third-order valence-electron chi connectivity index (χ3n) is 3.33. The second-order valence-electron chi connectivity index (χ2n) is 5.04. The SMILES string of the molecule is CCOC(=NCC1CC1)NC(=O)c1ccc2c(c1)OCO2. The number of nitrogens with one attached hydrogen (secondary N) is 1. The number of amides is 1. The summed E-state index contributed by atoms with van der Waals surface area (Å²) >= 11 is 0. The molecule has 112 valence electrons. The lowest BCUT2D eigenvalue weighted by atomic mass is 10.2. The van der Waals surface area contributed by atoms with Gasteiger partial charge in [-0.05, 0) is 43.9 Å². The Balaban J connectivity index is 1.66. The summed E-state index contributed by atoms with van der Waals surface area (Å²) in [6, 6.07) is 5.35. The highest BCUT2D eigenvalue weighted by Gasteiger charge is 2.22. The van der Waals surface area contributed by atoms with Crippen LogP contribution in [0.15, 0.2) is 23.2 Å². The minimum atomic E-state index is -0.267. The summed E-state index contributed by atoms with van der Waals surface area (Å²) in [4.78, 5) is 16.5. The van der Waals surface area contributed by atoms with Crippen molar-refractivity contribution in [2.75, 3.05) is 19.9 Å². The lowest BCUT2D eigenvalue weighted by molar-refractivity contribution is 0.0965. The van der Waals surface area contributed by atoms with E-state index in [0.29, 0.717) is 36.1 Å². The summed E-state index contributed by atoms with van der Waals surface area (Å²) in [5.41, 5.74) is 0.484.